The van der Waals surface area contributed by atoms with E-state index in [1.54, 1.807) is 49.7 Å². The van der Waals surface area contributed by atoms with E-state index in [-0.39, 0.29) is 18.0 Å². The van der Waals surface area contributed by atoms with Crippen molar-refractivity contribution in [3.63, 3.8) is 0 Å². The third kappa shape index (κ3) is 5.67. The highest BCUT2D eigenvalue weighted by Crippen LogP contribution is 2.35. The Morgan fingerprint density at radius 3 is 2.65 bits per heavy atom. The highest BCUT2D eigenvalue weighted by molar-refractivity contribution is 6.33. The van der Waals surface area contributed by atoms with Gasteiger partial charge in [0.2, 0.25) is 0 Å². The van der Waals surface area contributed by atoms with Crippen LogP contribution in [0.25, 0.3) is 10.9 Å². The molecule has 1 fully saturated rings. The molecule has 0 unspecified atom stereocenters. The van der Waals surface area contributed by atoms with E-state index in [4.69, 9.17) is 25.8 Å². The normalized spacial score (nSPS) is 12.8. The molecule has 0 radical (unpaired) electrons. The Labute approximate surface area is 201 Å². The Bertz CT molecular complexity index is 1220. The first-order valence-corrected chi connectivity index (χ1v) is 11.1. The van der Waals surface area contributed by atoms with Crippen molar-refractivity contribution in [3.05, 3.63) is 53.2 Å². The molecule has 0 aliphatic heterocycles. The molecule has 1 aliphatic rings. The van der Waals surface area contributed by atoms with Crippen molar-refractivity contribution in [2.75, 3.05) is 32.7 Å². The molecule has 9 nitrogen and oxygen atoms in total. The predicted molar refractivity (Wildman–Crippen MR) is 129 cm³/mol. The van der Waals surface area contributed by atoms with Crippen molar-refractivity contribution in [1.82, 2.24) is 15.6 Å². The summed E-state index contributed by atoms with van der Waals surface area (Å²) in [6.45, 7) is 0.760. The molecule has 0 saturated heterocycles. The summed E-state index contributed by atoms with van der Waals surface area (Å²) < 4.78 is 16.5. The van der Waals surface area contributed by atoms with Crippen LogP contribution in [0.3, 0.4) is 0 Å². The first kappa shape index (κ1) is 23.6. The van der Waals surface area contributed by atoms with Crippen molar-refractivity contribution < 1.29 is 23.8 Å². The lowest BCUT2D eigenvalue weighted by Gasteiger charge is -2.14. The number of urea groups is 1. The van der Waals surface area contributed by atoms with Gasteiger partial charge in [0.25, 0.3) is 5.91 Å². The minimum atomic E-state index is -0.298. The van der Waals surface area contributed by atoms with Gasteiger partial charge in [-0.25, -0.2) is 4.79 Å². The Morgan fingerprint density at radius 2 is 1.94 bits per heavy atom. The van der Waals surface area contributed by atoms with Crippen LogP contribution < -0.4 is 25.4 Å². The molecule has 0 bridgehead atoms. The number of benzene rings is 2. The van der Waals surface area contributed by atoms with Crippen molar-refractivity contribution in [2.24, 2.45) is 0 Å². The number of carbonyl (C=O) groups is 2. The lowest BCUT2D eigenvalue weighted by atomic mass is 10.1. The molecule has 2 aromatic carbocycles. The van der Waals surface area contributed by atoms with Gasteiger partial charge in [0.15, 0.2) is 0 Å². The van der Waals surface area contributed by atoms with Crippen LogP contribution in [-0.4, -0.2) is 50.3 Å². The molecule has 10 heteroatoms. The third-order valence-electron chi connectivity index (χ3n) is 5.19. The zero-order chi connectivity index (χ0) is 24.1. The van der Waals surface area contributed by atoms with E-state index in [0.717, 1.165) is 12.8 Å². The summed E-state index contributed by atoms with van der Waals surface area (Å²) in [5, 5.41) is 9.34. The highest BCUT2D eigenvalue weighted by Gasteiger charge is 2.23. The Kier molecular flexibility index (Phi) is 7.34. The standard InChI is InChI=1S/C24H25ClN4O5/c1-32-10-9-27-23(30)17-12-16-20(13-22(17)33-2)26-8-7-21(16)34-15-5-6-19(18(25)11-15)29-24(31)28-14-3-4-14/h5-8,11-14H,3-4,9-10H2,1-2H3,(H,27,30)(H2,28,29,31). The van der Waals surface area contributed by atoms with Gasteiger partial charge in [0, 0.05) is 43.4 Å². The van der Waals surface area contributed by atoms with Crippen molar-refractivity contribution in [2.45, 2.75) is 18.9 Å². The summed E-state index contributed by atoms with van der Waals surface area (Å²) >= 11 is 6.36. The zero-order valence-electron chi connectivity index (χ0n) is 18.8. The number of methoxy groups -OCH3 is 2. The number of hydrogen-bond donors (Lipinski definition) is 3. The smallest absolute Gasteiger partial charge is 0.319 e. The molecule has 1 saturated carbocycles. The predicted octanol–water partition coefficient (Wildman–Crippen LogP) is 4.35. The summed E-state index contributed by atoms with van der Waals surface area (Å²) in [4.78, 5) is 29.0. The molecule has 178 valence electrons. The number of rotatable bonds is 9. The highest BCUT2D eigenvalue weighted by atomic mass is 35.5. The molecular formula is C24H25ClN4O5. The van der Waals surface area contributed by atoms with Crippen LogP contribution in [0.15, 0.2) is 42.6 Å². The maximum absolute atomic E-state index is 12.7. The summed E-state index contributed by atoms with van der Waals surface area (Å²) in [5.74, 6) is 1.05. The zero-order valence-corrected chi connectivity index (χ0v) is 19.6. The Morgan fingerprint density at radius 1 is 1.12 bits per heavy atom. The summed E-state index contributed by atoms with van der Waals surface area (Å²) in [5.41, 5.74) is 1.43. The lowest BCUT2D eigenvalue weighted by Crippen LogP contribution is -2.30. The van der Waals surface area contributed by atoms with Crippen molar-refractivity contribution in [1.29, 1.82) is 0 Å². The maximum atomic E-state index is 12.7. The van der Waals surface area contributed by atoms with E-state index in [1.807, 2.05) is 0 Å². The number of nitrogens with zero attached hydrogens (tertiary/aromatic N) is 1. The fourth-order valence-corrected chi connectivity index (χ4v) is 3.52. The molecule has 4 rings (SSSR count). The van der Waals surface area contributed by atoms with Crippen LogP contribution in [0.5, 0.6) is 17.2 Å². The first-order chi connectivity index (χ1) is 16.5. The van der Waals surface area contributed by atoms with Gasteiger partial charge in [-0.3, -0.25) is 9.78 Å². The number of ether oxygens (including phenoxy) is 3. The number of amides is 3. The van der Waals surface area contributed by atoms with Crippen LogP contribution >= 0.6 is 11.6 Å². The summed E-state index contributed by atoms with van der Waals surface area (Å²) in [7, 11) is 3.06. The molecule has 1 aromatic heterocycles. The van der Waals surface area contributed by atoms with E-state index in [2.05, 4.69) is 20.9 Å². The average Bonchev–Trinajstić information content (AvgIpc) is 3.64. The number of nitrogens with one attached hydrogen (secondary N) is 3. The van der Waals surface area contributed by atoms with Crippen LogP contribution in [-0.2, 0) is 4.74 Å². The fourth-order valence-electron chi connectivity index (χ4n) is 3.30. The van der Waals surface area contributed by atoms with Gasteiger partial charge in [-0.1, -0.05) is 11.6 Å². The quantitative estimate of drug-likeness (QED) is 0.389. The van der Waals surface area contributed by atoms with Gasteiger partial charge in [0.05, 0.1) is 35.5 Å². The fraction of sp³-hybridized carbons (Fsp3) is 0.292. The number of anilines is 1. The van der Waals surface area contributed by atoms with Crippen molar-refractivity contribution >= 4 is 40.1 Å². The molecule has 1 aliphatic carbocycles. The van der Waals surface area contributed by atoms with Gasteiger partial charge < -0.3 is 30.2 Å². The molecule has 0 atom stereocenters. The molecule has 3 amide bonds. The van der Waals surface area contributed by atoms with Gasteiger partial charge in [0.1, 0.15) is 17.2 Å². The van der Waals surface area contributed by atoms with E-state index in [0.29, 0.717) is 57.6 Å². The minimum Gasteiger partial charge on any atom is -0.496 e. The van der Waals surface area contributed by atoms with E-state index in [1.165, 1.54) is 7.11 Å². The number of fused-ring (bicyclic) bond motifs is 1. The Balaban J connectivity index is 1.57. The third-order valence-corrected chi connectivity index (χ3v) is 5.50. The summed E-state index contributed by atoms with van der Waals surface area (Å²) in [6, 6.07) is 10.0. The van der Waals surface area contributed by atoms with Gasteiger partial charge in [-0.2, -0.15) is 0 Å². The lowest BCUT2D eigenvalue weighted by molar-refractivity contribution is 0.0934. The number of aromatic nitrogens is 1. The number of halogens is 1. The van der Waals surface area contributed by atoms with E-state index >= 15 is 0 Å². The van der Waals surface area contributed by atoms with Crippen LogP contribution in [0.1, 0.15) is 23.2 Å². The monoisotopic (exact) mass is 484 g/mol. The average molecular weight is 485 g/mol. The maximum Gasteiger partial charge on any atom is 0.319 e. The van der Waals surface area contributed by atoms with Crippen LogP contribution in [0.2, 0.25) is 5.02 Å². The minimum absolute atomic E-state index is 0.243. The SMILES string of the molecule is COCCNC(=O)c1cc2c(Oc3ccc(NC(=O)NC4CC4)c(Cl)c3)ccnc2cc1OC. The van der Waals surface area contributed by atoms with E-state index < -0.39 is 0 Å². The van der Waals surface area contributed by atoms with E-state index in [9.17, 15) is 9.59 Å². The van der Waals surface area contributed by atoms with Crippen LogP contribution in [0, 0.1) is 0 Å². The topological polar surface area (TPSA) is 111 Å². The number of pyridine rings is 1. The second kappa shape index (κ2) is 10.6. The van der Waals surface area contributed by atoms with Crippen molar-refractivity contribution in [3.8, 4) is 17.2 Å². The van der Waals surface area contributed by atoms with Gasteiger partial charge >= 0.3 is 6.03 Å². The first-order valence-electron chi connectivity index (χ1n) is 10.8. The molecular weight excluding hydrogens is 460 g/mol. The molecule has 0 spiro atoms. The second-order valence-electron chi connectivity index (χ2n) is 7.74. The largest absolute Gasteiger partial charge is 0.496 e. The number of carbonyl (C=O) groups excluding carboxylic acids is 2. The van der Waals surface area contributed by atoms with Crippen LogP contribution in [0.4, 0.5) is 10.5 Å². The van der Waals surface area contributed by atoms with Gasteiger partial charge in [-0.15, -0.1) is 0 Å². The van der Waals surface area contributed by atoms with Gasteiger partial charge in [-0.05, 0) is 37.1 Å². The second-order valence-corrected chi connectivity index (χ2v) is 8.15. The number of hydrogen-bond acceptors (Lipinski definition) is 6. The molecule has 1 heterocycles. The molecule has 3 N–H and O–H groups in total. The Hall–Kier alpha value is -3.56. The summed E-state index contributed by atoms with van der Waals surface area (Å²) in [6.07, 6.45) is 3.60. The molecule has 34 heavy (non-hydrogen) atoms. The molecule has 3 aromatic rings.